The summed E-state index contributed by atoms with van der Waals surface area (Å²) in [6, 6.07) is 18.1. The molecular weight excluding hydrogens is 324 g/mol. The zero-order valence-corrected chi connectivity index (χ0v) is 15.5. The summed E-state index contributed by atoms with van der Waals surface area (Å²) < 4.78 is 6.59. The Labute approximate surface area is 155 Å². The molecule has 1 N–H and O–H groups in total. The summed E-state index contributed by atoms with van der Waals surface area (Å²) in [5.74, 6) is 0. The molecule has 0 bridgehead atoms. The lowest BCUT2D eigenvalue weighted by Gasteiger charge is -2.42. The Bertz CT molecular complexity index is 771. The molecule has 0 aromatic heterocycles. The van der Waals surface area contributed by atoms with Crippen molar-refractivity contribution >= 4 is 11.8 Å². The van der Waals surface area contributed by atoms with Crippen LogP contribution in [-0.2, 0) is 4.74 Å². The third-order valence-corrected chi connectivity index (χ3v) is 5.22. The van der Waals surface area contributed by atoms with Gasteiger partial charge in [-0.2, -0.15) is 0 Å². The second kappa shape index (κ2) is 7.75. The number of rotatable bonds is 4. The Morgan fingerprint density at radius 2 is 1.85 bits per heavy atom. The van der Waals surface area contributed by atoms with Crippen LogP contribution in [0.4, 0.5) is 10.5 Å². The van der Waals surface area contributed by atoms with Gasteiger partial charge in [-0.3, -0.25) is 5.32 Å². The number of quaternary nitrogens is 1. The first-order chi connectivity index (χ1) is 12.5. The van der Waals surface area contributed by atoms with E-state index in [9.17, 15) is 4.79 Å². The van der Waals surface area contributed by atoms with Crippen molar-refractivity contribution in [1.29, 1.82) is 0 Å². The van der Waals surface area contributed by atoms with Gasteiger partial charge < -0.3 is 9.22 Å². The Kier molecular flexibility index (Phi) is 5.43. The molecule has 2 atom stereocenters. The minimum atomic E-state index is -0.395. The third kappa shape index (κ3) is 4.14. The second-order valence-corrected chi connectivity index (χ2v) is 7.39. The molecule has 1 saturated heterocycles. The summed E-state index contributed by atoms with van der Waals surface area (Å²) >= 11 is 0. The second-order valence-electron chi connectivity index (χ2n) is 7.39. The molecule has 0 unspecified atom stereocenters. The van der Waals surface area contributed by atoms with Crippen LogP contribution < -0.4 is 5.32 Å². The summed E-state index contributed by atoms with van der Waals surface area (Å²) in [4.78, 5) is 12.5. The van der Waals surface area contributed by atoms with Crippen LogP contribution in [0.1, 0.15) is 12.8 Å². The fraction of sp³-hybridized carbons (Fsp3) is 0.318. The number of ether oxygens (including phenoxy) is 1. The topological polar surface area (TPSA) is 38.3 Å². The highest BCUT2D eigenvalue weighted by atomic mass is 16.6. The molecule has 0 spiro atoms. The number of nitrogens with one attached hydrogen (secondary N) is 1. The zero-order chi connectivity index (χ0) is 18.6. The Morgan fingerprint density at radius 3 is 2.58 bits per heavy atom. The van der Waals surface area contributed by atoms with Gasteiger partial charge in [0.1, 0.15) is 12.1 Å². The van der Waals surface area contributed by atoms with Gasteiger partial charge in [-0.15, -0.1) is 0 Å². The first kappa shape index (κ1) is 18.2. The van der Waals surface area contributed by atoms with Gasteiger partial charge in [0, 0.05) is 18.4 Å². The maximum absolute atomic E-state index is 12.5. The van der Waals surface area contributed by atoms with Crippen molar-refractivity contribution in [3.05, 3.63) is 67.3 Å². The average molecular weight is 351 g/mol. The van der Waals surface area contributed by atoms with Crippen molar-refractivity contribution in [2.45, 2.75) is 25.0 Å². The largest absolute Gasteiger partial charge is 0.445 e. The lowest BCUT2D eigenvalue weighted by atomic mass is 9.97. The van der Waals surface area contributed by atoms with Gasteiger partial charge in [0.2, 0.25) is 0 Å². The molecule has 0 saturated carbocycles. The molecule has 1 amide bonds. The number of para-hydroxylation sites is 1. The van der Waals surface area contributed by atoms with Gasteiger partial charge in [0.15, 0.2) is 0 Å². The van der Waals surface area contributed by atoms with Crippen LogP contribution in [-0.4, -0.2) is 43.4 Å². The lowest BCUT2D eigenvalue weighted by molar-refractivity contribution is -0.914. The number of nitrogens with zero attached hydrogens (tertiary/aromatic N) is 1. The normalized spacial score (nSPS) is 21.6. The molecule has 4 heteroatoms. The quantitative estimate of drug-likeness (QED) is 0.641. The van der Waals surface area contributed by atoms with Crippen LogP contribution in [0.25, 0.3) is 11.1 Å². The van der Waals surface area contributed by atoms with E-state index in [-0.39, 0.29) is 6.10 Å². The average Bonchev–Trinajstić information content (AvgIpc) is 2.64. The number of carbonyl (C=O) groups is 1. The molecule has 2 aromatic rings. The van der Waals surface area contributed by atoms with Crippen LogP contribution in [0.3, 0.4) is 0 Å². The van der Waals surface area contributed by atoms with Crippen molar-refractivity contribution in [2.75, 3.05) is 26.0 Å². The van der Waals surface area contributed by atoms with Gasteiger partial charge in [-0.1, -0.05) is 55.1 Å². The van der Waals surface area contributed by atoms with E-state index in [1.165, 1.54) is 0 Å². The molecule has 3 rings (SSSR count). The molecule has 1 aliphatic heterocycles. The maximum atomic E-state index is 12.5. The van der Waals surface area contributed by atoms with Crippen LogP contribution >= 0.6 is 0 Å². The summed E-state index contributed by atoms with van der Waals surface area (Å²) in [5, 5.41) is 2.92. The van der Waals surface area contributed by atoms with Crippen molar-refractivity contribution in [1.82, 2.24) is 0 Å². The van der Waals surface area contributed by atoms with E-state index in [1.54, 1.807) is 0 Å². The molecule has 2 aromatic carbocycles. The summed E-state index contributed by atoms with van der Waals surface area (Å²) in [5.41, 5.74) is 2.80. The van der Waals surface area contributed by atoms with Crippen molar-refractivity contribution < 1.29 is 14.0 Å². The van der Waals surface area contributed by atoms with E-state index in [2.05, 4.69) is 26.0 Å². The lowest BCUT2D eigenvalue weighted by Crippen LogP contribution is -2.54. The Balaban J connectivity index is 1.67. The molecule has 1 aliphatic rings. The van der Waals surface area contributed by atoms with Crippen LogP contribution in [0.2, 0.25) is 0 Å². The molecule has 4 nitrogen and oxygen atoms in total. The van der Waals surface area contributed by atoms with E-state index in [0.717, 1.165) is 40.7 Å². The highest BCUT2D eigenvalue weighted by molar-refractivity contribution is 5.91. The summed E-state index contributed by atoms with van der Waals surface area (Å²) in [6.45, 7) is 4.90. The number of piperidine rings is 1. The molecular formula is C22H27N2O2+. The number of carbonyl (C=O) groups excluding carboxylic acids is 1. The molecule has 1 heterocycles. The molecule has 0 aliphatic carbocycles. The minimum Gasteiger partial charge on any atom is -0.445 e. The monoisotopic (exact) mass is 351 g/mol. The van der Waals surface area contributed by atoms with Crippen molar-refractivity contribution in [3.8, 4) is 11.1 Å². The zero-order valence-electron chi connectivity index (χ0n) is 15.5. The fourth-order valence-electron chi connectivity index (χ4n) is 3.56. The number of benzene rings is 2. The molecule has 26 heavy (non-hydrogen) atoms. The van der Waals surface area contributed by atoms with Gasteiger partial charge >= 0.3 is 6.09 Å². The number of likely N-dealkylation sites (N-methyl/N-ethyl adjacent to an activating group) is 1. The standard InChI is InChI=1S/C22H26N2O2/c1-4-18-16-19(14-15-24(18,2)3)26-22(25)23-21-13-9-8-12-20(21)17-10-6-5-7-11-17/h4-13,18-19H,1,14-16H2,2-3H3/p+1/t18-,19+/m1/s1. The number of amides is 1. The van der Waals surface area contributed by atoms with Gasteiger partial charge in [-0.05, 0) is 17.7 Å². The van der Waals surface area contributed by atoms with E-state index in [4.69, 9.17) is 4.74 Å². The van der Waals surface area contributed by atoms with Crippen LogP contribution in [0, 0.1) is 0 Å². The van der Waals surface area contributed by atoms with Gasteiger partial charge in [0.05, 0.1) is 26.3 Å². The first-order valence-electron chi connectivity index (χ1n) is 9.07. The predicted octanol–water partition coefficient (Wildman–Crippen LogP) is 4.70. The van der Waals surface area contributed by atoms with E-state index < -0.39 is 6.09 Å². The highest BCUT2D eigenvalue weighted by Gasteiger charge is 2.36. The summed E-state index contributed by atoms with van der Waals surface area (Å²) in [6.07, 6.45) is 3.18. The van der Waals surface area contributed by atoms with Crippen molar-refractivity contribution in [3.63, 3.8) is 0 Å². The molecule has 0 radical (unpaired) electrons. The van der Waals surface area contributed by atoms with Crippen molar-refractivity contribution in [2.24, 2.45) is 0 Å². The van der Waals surface area contributed by atoms with Crippen LogP contribution in [0.5, 0.6) is 0 Å². The minimum absolute atomic E-state index is 0.0759. The maximum Gasteiger partial charge on any atom is 0.411 e. The smallest absolute Gasteiger partial charge is 0.411 e. The van der Waals surface area contributed by atoms with E-state index >= 15 is 0 Å². The predicted molar refractivity (Wildman–Crippen MR) is 106 cm³/mol. The number of hydrogen-bond acceptors (Lipinski definition) is 2. The van der Waals surface area contributed by atoms with E-state index in [0.29, 0.717) is 6.04 Å². The summed E-state index contributed by atoms with van der Waals surface area (Å²) in [7, 11) is 4.39. The molecule has 1 fully saturated rings. The SMILES string of the molecule is C=C[C@@H]1C[C@@H](OC(=O)Nc2ccccc2-c2ccccc2)CC[N+]1(C)C. The first-order valence-corrected chi connectivity index (χ1v) is 9.07. The fourth-order valence-corrected chi connectivity index (χ4v) is 3.56. The Hall–Kier alpha value is -2.59. The van der Waals surface area contributed by atoms with Gasteiger partial charge in [-0.25, -0.2) is 4.79 Å². The highest BCUT2D eigenvalue weighted by Crippen LogP contribution is 2.29. The van der Waals surface area contributed by atoms with E-state index in [1.807, 2.05) is 60.7 Å². The third-order valence-electron chi connectivity index (χ3n) is 5.22. The Morgan fingerprint density at radius 1 is 1.15 bits per heavy atom. The van der Waals surface area contributed by atoms with Crippen LogP contribution in [0.15, 0.2) is 67.3 Å². The van der Waals surface area contributed by atoms with Gasteiger partial charge in [0.25, 0.3) is 0 Å². The number of hydrogen-bond donors (Lipinski definition) is 1. The molecule has 136 valence electrons. The number of likely N-dealkylation sites (tertiary alicyclic amines) is 1. The number of anilines is 1.